The van der Waals surface area contributed by atoms with Crippen LogP contribution in [0.4, 0.5) is 13.2 Å². The summed E-state index contributed by atoms with van der Waals surface area (Å²) in [6.07, 6.45) is -1.48. The zero-order chi connectivity index (χ0) is 14.8. The van der Waals surface area contributed by atoms with Crippen LogP contribution in [-0.2, 0) is 16.2 Å². The van der Waals surface area contributed by atoms with Crippen LogP contribution in [0.2, 0.25) is 0 Å². The SMILES string of the molecule is O=S(=O)(c1ccccc1C(F)(F)F)N1CCCCCC1. The van der Waals surface area contributed by atoms with Gasteiger partial charge in [0.15, 0.2) is 0 Å². The second kappa shape index (κ2) is 5.73. The standard InChI is InChI=1S/C13H16F3NO2S/c14-13(15,16)11-7-3-4-8-12(11)20(18,19)17-9-5-1-2-6-10-17/h3-4,7-8H,1-2,5-6,9-10H2. The van der Waals surface area contributed by atoms with Crippen LogP contribution in [-0.4, -0.2) is 25.8 Å². The third kappa shape index (κ3) is 3.15. The quantitative estimate of drug-likeness (QED) is 0.841. The van der Waals surface area contributed by atoms with Gasteiger partial charge in [0.25, 0.3) is 0 Å². The normalized spacial score (nSPS) is 18.8. The van der Waals surface area contributed by atoms with E-state index in [2.05, 4.69) is 0 Å². The number of benzene rings is 1. The van der Waals surface area contributed by atoms with Crippen LogP contribution in [0.15, 0.2) is 29.2 Å². The Hall–Kier alpha value is -1.08. The molecule has 0 aliphatic carbocycles. The Kier molecular flexibility index (Phi) is 4.39. The predicted molar refractivity (Wildman–Crippen MR) is 68.7 cm³/mol. The van der Waals surface area contributed by atoms with Crippen molar-refractivity contribution >= 4 is 10.0 Å². The van der Waals surface area contributed by atoms with Crippen LogP contribution in [0, 0.1) is 0 Å². The van der Waals surface area contributed by atoms with Gasteiger partial charge < -0.3 is 0 Å². The number of rotatable bonds is 2. The predicted octanol–water partition coefficient (Wildman–Crippen LogP) is 3.27. The molecular weight excluding hydrogens is 291 g/mol. The highest BCUT2D eigenvalue weighted by Gasteiger charge is 2.38. The Labute approximate surface area is 116 Å². The zero-order valence-corrected chi connectivity index (χ0v) is 11.7. The van der Waals surface area contributed by atoms with E-state index >= 15 is 0 Å². The summed E-state index contributed by atoms with van der Waals surface area (Å²) >= 11 is 0. The molecule has 0 amide bonds. The van der Waals surface area contributed by atoms with Crippen molar-refractivity contribution in [2.24, 2.45) is 0 Å². The molecule has 1 aliphatic rings. The van der Waals surface area contributed by atoms with Crippen molar-refractivity contribution < 1.29 is 21.6 Å². The summed E-state index contributed by atoms with van der Waals surface area (Å²) in [5, 5.41) is 0. The van der Waals surface area contributed by atoms with Crippen LogP contribution >= 0.6 is 0 Å². The highest BCUT2D eigenvalue weighted by molar-refractivity contribution is 7.89. The number of halogens is 3. The van der Waals surface area contributed by atoms with Crippen molar-refractivity contribution in [2.45, 2.75) is 36.8 Å². The number of hydrogen-bond donors (Lipinski definition) is 0. The lowest BCUT2D eigenvalue weighted by Gasteiger charge is -2.22. The van der Waals surface area contributed by atoms with Gasteiger partial charge >= 0.3 is 6.18 Å². The van der Waals surface area contributed by atoms with Crippen LogP contribution in [0.1, 0.15) is 31.2 Å². The highest BCUT2D eigenvalue weighted by Crippen LogP contribution is 2.35. The molecule has 1 saturated heterocycles. The maximum absolute atomic E-state index is 12.9. The molecule has 1 fully saturated rings. The van der Waals surface area contributed by atoms with Crippen LogP contribution in [0.5, 0.6) is 0 Å². The van der Waals surface area contributed by atoms with E-state index in [1.165, 1.54) is 16.4 Å². The molecule has 112 valence electrons. The fourth-order valence-electron chi connectivity index (χ4n) is 2.35. The van der Waals surface area contributed by atoms with E-state index in [-0.39, 0.29) is 13.1 Å². The third-order valence-electron chi connectivity index (χ3n) is 3.38. The molecule has 3 nitrogen and oxygen atoms in total. The Morgan fingerprint density at radius 2 is 1.50 bits per heavy atom. The molecule has 0 spiro atoms. The van der Waals surface area contributed by atoms with E-state index in [1.807, 2.05) is 0 Å². The molecule has 1 aliphatic heterocycles. The Morgan fingerprint density at radius 1 is 0.950 bits per heavy atom. The molecule has 0 bridgehead atoms. The summed E-state index contributed by atoms with van der Waals surface area (Å²) in [6.45, 7) is 0.572. The number of alkyl halides is 3. The fourth-order valence-corrected chi connectivity index (χ4v) is 4.08. The van der Waals surface area contributed by atoms with E-state index in [1.54, 1.807) is 0 Å². The molecule has 0 atom stereocenters. The van der Waals surface area contributed by atoms with Gasteiger partial charge in [-0.3, -0.25) is 0 Å². The molecule has 7 heteroatoms. The minimum atomic E-state index is -4.67. The lowest BCUT2D eigenvalue weighted by molar-refractivity contribution is -0.139. The molecule has 0 N–H and O–H groups in total. The largest absolute Gasteiger partial charge is 0.417 e. The Bertz CT molecular complexity index is 561. The third-order valence-corrected chi connectivity index (χ3v) is 5.33. The molecule has 0 aromatic heterocycles. The first-order valence-electron chi connectivity index (χ1n) is 6.50. The maximum Gasteiger partial charge on any atom is 0.417 e. The lowest BCUT2D eigenvalue weighted by atomic mass is 10.2. The number of hydrogen-bond acceptors (Lipinski definition) is 2. The Balaban J connectivity index is 2.44. The van der Waals surface area contributed by atoms with Gasteiger partial charge in [-0.1, -0.05) is 25.0 Å². The van der Waals surface area contributed by atoms with E-state index in [9.17, 15) is 21.6 Å². The van der Waals surface area contributed by atoms with Gasteiger partial charge in [0, 0.05) is 13.1 Å². The summed E-state index contributed by atoms with van der Waals surface area (Å²) in [5.74, 6) is 0. The number of sulfonamides is 1. The summed E-state index contributed by atoms with van der Waals surface area (Å²) < 4.78 is 64.9. The topological polar surface area (TPSA) is 37.4 Å². The van der Waals surface area contributed by atoms with Crippen molar-refractivity contribution in [2.75, 3.05) is 13.1 Å². The minimum absolute atomic E-state index is 0.286. The number of nitrogens with zero attached hydrogens (tertiary/aromatic N) is 1. The van der Waals surface area contributed by atoms with Gasteiger partial charge in [0.2, 0.25) is 10.0 Å². The second-order valence-electron chi connectivity index (χ2n) is 4.81. The Morgan fingerprint density at radius 3 is 2.05 bits per heavy atom. The molecule has 0 unspecified atom stereocenters. The molecule has 0 radical (unpaired) electrons. The minimum Gasteiger partial charge on any atom is -0.207 e. The van der Waals surface area contributed by atoms with E-state index < -0.39 is 26.7 Å². The summed E-state index contributed by atoms with van der Waals surface area (Å²) in [7, 11) is -4.09. The first-order chi connectivity index (χ1) is 9.33. The van der Waals surface area contributed by atoms with Gasteiger partial charge in [-0.15, -0.1) is 0 Å². The first-order valence-corrected chi connectivity index (χ1v) is 7.94. The zero-order valence-electron chi connectivity index (χ0n) is 10.9. The van der Waals surface area contributed by atoms with Gasteiger partial charge in [-0.2, -0.15) is 17.5 Å². The molecule has 1 aromatic carbocycles. The van der Waals surface area contributed by atoms with Crippen molar-refractivity contribution in [3.8, 4) is 0 Å². The van der Waals surface area contributed by atoms with E-state index in [0.29, 0.717) is 12.8 Å². The molecular formula is C13H16F3NO2S. The van der Waals surface area contributed by atoms with Crippen LogP contribution in [0.3, 0.4) is 0 Å². The average molecular weight is 307 g/mol. The fraction of sp³-hybridized carbons (Fsp3) is 0.538. The summed E-state index contributed by atoms with van der Waals surface area (Å²) in [5.41, 5.74) is -1.09. The van der Waals surface area contributed by atoms with Gasteiger partial charge in [-0.25, -0.2) is 8.42 Å². The molecule has 0 saturated carbocycles. The monoisotopic (exact) mass is 307 g/mol. The van der Waals surface area contributed by atoms with E-state index in [4.69, 9.17) is 0 Å². The van der Waals surface area contributed by atoms with Gasteiger partial charge in [0.05, 0.1) is 10.5 Å². The summed E-state index contributed by atoms with van der Waals surface area (Å²) in [4.78, 5) is -0.644. The molecule has 20 heavy (non-hydrogen) atoms. The first kappa shape index (κ1) is 15.3. The molecule has 1 heterocycles. The molecule has 2 rings (SSSR count). The average Bonchev–Trinajstić information content (AvgIpc) is 2.67. The van der Waals surface area contributed by atoms with Crippen LogP contribution < -0.4 is 0 Å². The lowest BCUT2D eigenvalue weighted by Crippen LogP contribution is -2.33. The molecule has 1 aromatic rings. The smallest absolute Gasteiger partial charge is 0.207 e. The van der Waals surface area contributed by atoms with Crippen molar-refractivity contribution in [1.29, 1.82) is 0 Å². The van der Waals surface area contributed by atoms with Gasteiger partial charge in [-0.05, 0) is 25.0 Å². The summed E-state index contributed by atoms with van der Waals surface area (Å²) in [6, 6.07) is 4.36. The van der Waals surface area contributed by atoms with Crippen LogP contribution in [0.25, 0.3) is 0 Å². The van der Waals surface area contributed by atoms with Crippen molar-refractivity contribution in [3.63, 3.8) is 0 Å². The highest BCUT2D eigenvalue weighted by atomic mass is 32.2. The van der Waals surface area contributed by atoms with Crippen molar-refractivity contribution in [1.82, 2.24) is 4.31 Å². The maximum atomic E-state index is 12.9. The second-order valence-corrected chi connectivity index (χ2v) is 6.72. The van der Waals surface area contributed by atoms with E-state index in [0.717, 1.165) is 25.0 Å². The van der Waals surface area contributed by atoms with Crippen molar-refractivity contribution in [3.05, 3.63) is 29.8 Å². The van der Waals surface area contributed by atoms with Gasteiger partial charge in [0.1, 0.15) is 0 Å².